The lowest BCUT2D eigenvalue weighted by atomic mass is 10.2. The molecular weight excluding hydrogens is 218 g/mol. The first-order chi connectivity index (χ1) is 8.20. The van der Waals surface area contributed by atoms with E-state index in [9.17, 15) is 9.59 Å². The van der Waals surface area contributed by atoms with E-state index in [4.69, 9.17) is 0 Å². The highest BCUT2D eigenvalue weighted by atomic mass is 16.2. The maximum Gasteiger partial charge on any atom is 0.314 e. The number of carbonyl (C=O) groups excluding carboxylic acids is 2. The predicted molar refractivity (Wildman–Crippen MR) is 64.8 cm³/mol. The minimum absolute atomic E-state index is 0.0394. The summed E-state index contributed by atoms with van der Waals surface area (Å²) in [5.41, 5.74) is 0.874. The molecule has 1 heterocycles. The average Bonchev–Trinajstić information content (AvgIpc) is 2.71. The smallest absolute Gasteiger partial charge is 0.314 e. The molecule has 0 spiro atoms. The highest BCUT2D eigenvalue weighted by molar-refractivity contribution is 5.96. The number of nitrogens with zero attached hydrogens (tertiary/aromatic N) is 1. The van der Waals surface area contributed by atoms with Gasteiger partial charge < -0.3 is 15.5 Å². The zero-order valence-corrected chi connectivity index (χ0v) is 9.64. The molecule has 5 heteroatoms. The average molecular weight is 233 g/mol. The third kappa shape index (κ3) is 2.55. The number of anilines is 1. The summed E-state index contributed by atoms with van der Waals surface area (Å²) in [6.45, 7) is 0.524. The molecule has 1 fully saturated rings. The summed E-state index contributed by atoms with van der Waals surface area (Å²) < 4.78 is 0. The van der Waals surface area contributed by atoms with E-state index in [1.54, 1.807) is 11.9 Å². The van der Waals surface area contributed by atoms with E-state index < -0.39 is 0 Å². The monoisotopic (exact) mass is 233 g/mol. The van der Waals surface area contributed by atoms with Crippen molar-refractivity contribution >= 4 is 17.6 Å². The fourth-order valence-electron chi connectivity index (χ4n) is 1.92. The normalized spacial score (nSPS) is 19.2. The number of carbonyl (C=O) groups is 2. The van der Waals surface area contributed by atoms with E-state index in [1.165, 1.54) is 0 Å². The lowest BCUT2D eigenvalue weighted by molar-refractivity contribution is -0.117. The molecule has 5 nitrogen and oxygen atoms in total. The van der Waals surface area contributed by atoms with Crippen molar-refractivity contribution in [3.63, 3.8) is 0 Å². The molecule has 2 N–H and O–H groups in total. The topological polar surface area (TPSA) is 61.4 Å². The zero-order chi connectivity index (χ0) is 12.3. The molecule has 0 bridgehead atoms. The Bertz CT molecular complexity index is 419. The number of benzene rings is 1. The molecule has 90 valence electrons. The highest BCUT2D eigenvalue weighted by Crippen LogP contribution is 2.20. The van der Waals surface area contributed by atoms with Crippen molar-refractivity contribution < 1.29 is 9.59 Å². The first-order valence-corrected chi connectivity index (χ1v) is 5.54. The fraction of sp³-hybridized carbons (Fsp3) is 0.333. The summed E-state index contributed by atoms with van der Waals surface area (Å²) in [5, 5.41) is 5.23. The molecule has 1 aliphatic heterocycles. The Balaban J connectivity index is 2.03. The van der Waals surface area contributed by atoms with Gasteiger partial charge in [0, 0.05) is 25.7 Å². The molecule has 17 heavy (non-hydrogen) atoms. The molecule has 1 aliphatic rings. The Labute approximate surface area is 99.8 Å². The van der Waals surface area contributed by atoms with Gasteiger partial charge >= 0.3 is 6.03 Å². The number of hydrogen-bond acceptors (Lipinski definition) is 2. The van der Waals surface area contributed by atoms with Crippen LogP contribution in [0.5, 0.6) is 0 Å². The number of amides is 3. The summed E-state index contributed by atoms with van der Waals surface area (Å²) in [7, 11) is 1.56. The summed E-state index contributed by atoms with van der Waals surface area (Å²) in [4.78, 5) is 24.7. The molecule has 2 rings (SSSR count). The number of urea groups is 1. The lowest BCUT2D eigenvalue weighted by Gasteiger charge is -2.16. The molecule has 0 radical (unpaired) electrons. The molecule has 0 saturated carbocycles. The van der Waals surface area contributed by atoms with Crippen molar-refractivity contribution in [3.8, 4) is 0 Å². The van der Waals surface area contributed by atoms with Gasteiger partial charge in [0.1, 0.15) is 0 Å². The van der Waals surface area contributed by atoms with Gasteiger partial charge in [-0.2, -0.15) is 0 Å². The van der Waals surface area contributed by atoms with Crippen molar-refractivity contribution in [2.75, 3.05) is 18.5 Å². The zero-order valence-electron chi connectivity index (χ0n) is 9.64. The van der Waals surface area contributed by atoms with Crippen LogP contribution in [0.1, 0.15) is 6.42 Å². The molecule has 0 unspecified atom stereocenters. The van der Waals surface area contributed by atoms with E-state index in [0.717, 1.165) is 5.69 Å². The Morgan fingerprint density at radius 3 is 2.71 bits per heavy atom. The first kappa shape index (κ1) is 11.4. The third-order valence-electron chi connectivity index (χ3n) is 2.76. The summed E-state index contributed by atoms with van der Waals surface area (Å²) in [6.07, 6.45) is 0.350. The SMILES string of the molecule is CNC(=O)N[C@H]1CC(=O)N(c2ccccc2)C1. The van der Waals surface area contributed by atoms with E-state index in [0.29, 0.717) is 13.0 Å². The predicted octanol–water partition coefficient (Wildman–Crippen LogP) is 0.721. The first-order valence-electron chi connectivity index (χ1n) is 5.54. The highest BCUT2D eigenvalue weighted by Gasteiger charge is 2.31. The van der Waals surface area contributed by atoms with Gasteiger partial charge in [0.15, 0.2) is 0 Å². The van der Waals surface area contributed by atoms with Crippen LogP contribution in [0, 0.1) is 0 Å². The number of nitrogens with one attached hydrogen (secondary N) is 2. The maximum absolute atomic E-state index is 11.8. The van der Waals surface area contributed by atoms with Crippen LogP contribution in [-0.4, -0.2) is 31.6 Å². The number of para-hydroxylation sites is 1. The van der Waals surface area contributed by atoms with Crippen LogP contribution in [0.15, 0.2) is 30.3 Å². The Hall–Kier alpha value is -2.04. The molecule has 0 aromatic heterocycles. The third-order valence-corrected chi connectivity index (χ3v) is 2.76. The molecule has 1 saturated heterocycles. The van der Waals surface area contributed by atoms with E-state index in [1.807, 2.05) is 30.3 Å². The Morgan fingerprint density at radius 1 is 1.35 bits per heavy atom. The second-order valence-corrected chi connectivity index (χ2v) is 3.96. The summed E-state index contributed by atoms with van der Waals surface area (Å²) in [6, 6.07) is 9.09. The van der Waals surface area contributed by atoms with Crippen LogP contribution in [0.2, 0.25) is 0 Å². The minimum atomic E-state index is -0.252. The quantitative estimate of drug-likeness (QED) is 0.790. The second kappa shape index (κ2) is 4.86. The van der Waals surface area contributed by atoms with Crippen molar-refractivity contribution in [1.82, 2.24) is 10.6 Å². The lowest BCUT2D eigenvalue weighted by Crippen LogP contribution is -2.41. The molecular formula is C12H15N3O2. The Kier molecular flexibility index (Phi) is 3.27. The van der Waals surface area contributed by atoms with Crippen LogP contribution < -0.4 is 15.5 Å². The van der Waals surface area contributed by atoms with Crippen LogP contribution in [0.3, 0.4) is 0 Å². The van der Waals surface area contributed by atoms with Crippen molar-refractivity contribution in [3.05, 3.63) is 30.3 Å². The van der Waals surface area contributed by atoms with Crippen molar-refractivity contribution in [2.45, 2.75) is 12.5 Å². The van der Waals surface area contributed by atoms with Gasteiger partial charge in [0.05, 0.1) is 6.04 Å². The van der Waals surface area contributed by atoms with Crippen molar-refractivity contribution in [2.24, 2.45) is 0 Å². The van der Waals surface area contributed by atoms with Crippen LogP contribution in [-0.2, 0) is 4.79 Å². The molecule has 1 atom stereocenters. The van der Waals surface area contributed by atoms with E-state index in [2.05, 4.69) is 10.6 Å². The largest absolute Gasteiger partial charge is 0.341 e. The van der Waals surface area contributed by atoms with Gasteiger partial charge in [-0.3, -0.25) is 4.79 Å². The van der Waals surface area contributed by atoms with E-state index in [-0.39, 0.29) is 18.0 Å². The van der Waals surface area contributed by atoms with Crippen LogP contribution in [0.25, 0.3) is 0 Å². The van der Waals surface area contributed by atoms with Gasteiger partial charge in [-0.15, -0.1) is 0 Å². The fourth-order valence-corrected chi connectivity index (χ4v) is 1.92. The summed E-state index contributed by atoms with van der Waals surface area (Å²) >= 11 is 0. The molecule has 1 aromatic rings. The van der Waals surface area contributed by atoms with Gasteiger partial charge in [-0.25, -0.2) is 4.79 Å². The molecule has 0 aliphatic carbocycles. The number of rotatable bonds is 2. The van der Waals surface area contributed by atoms with Crippen LogP contribution in [0.4, 0.5) is 10.5 Å². The van der Waals surface area contributed by atoms with Crippen molar-refractivity contribution in [1.29, 1.82) is 0 Å². The van der Waals surface area contributed by atoms with Gasteiger partial charge in [0.2, 0.25) is 5.91 Å². The molecule has 3 amide bonds. The summed E-state index contributed by atoms with van der Waals surface area (Å²) in [5.74, 6) is 0.0394. The van der Waals surface area contributed by atoms with Gasteiger partial charge in [-0.05, 0) is 12.1 Å². The minimum Gasteiger partial charge on any atom is -0.341 e. The van der Waals surface area contributed by atoms with Gasteiger partial charge in [-0.1, -0.05) is 18.2 Å². The van der Waals surface area contributed by atoms with E-state index >= 15 is 0 Å². The maximum atomic E-state index is 11.8. The van der Waals surface area contributed by atoms with Crippen LogP contribution >= 0.6 is 0 Å². The number of hydrogen-bond donors (Lipinski definition) is 2. The second-order valence-electron chi connectivity index (χ2n) is 3.96. The molecule has 1 aromatic carbocycles. The van der Waals surface area contributed by atoms with Gasteiger partial charge in [0.25, 0.3) is 0 Å². The Morgan fingerprint density at radius 2 is 2.06 bits per heavy atom. The standard InChI is InChI=1S/C12H15N3O2/c1-13-12(17)14-9-7-11(16)15(8-9)10-5-3-2-4-6-10/h2-6,9H,7-8H2,1H3,(H2,13,14,17)/t9-/m0/s1.